The van der Waals surface area contributed by atoms with E-state index in [2.05, 4.69) is 127 Å². The summed E-state index contributed by atoms with van der Waals surface area (Å²) in [7, 11) is 0.345. The largest absolute Gasteiger partial charge is 0.427 e. The van der Waals surface area contributed by atoms with Gasteiger partial charge in [0.1, 0.15) is 0 Å². The van der Waals surface area contributed by atoms with Crippen LogP contribution in [0.15, 0.2) is 152 Å². The summed E-state index contributed by atoms with van der Waals surface area (Å²) in [4.78, 5) is 9.16. The Labute approximate surface area is 314 Å². The second-order valence-electron chi connectivity index (χ2n) is 14.9. The van der Waals surface area contributed by atoms with Crippen molar-refractivity contribution in [3.63, 3.8) is 0 Å². The Morgan fingerprint density at radius 2 is 0.906 bits per heavy atom. The molecule has 0 saturated heterocycles. The summed E-state index contributed by atoms with van der Waals surface area (Å²) in [6.45, 7) is 11.8. The predicted octanol–water partition coefficient (Wildman–Crippen LogP) is 10.6. The molecule has 0 aliphatic heterocycles. The van der Waals surface area contributed by atoms with Crippen LogP contribution in [0.5, 0.6) is 0 Å². The topological polar surface area (TPSA) is 55.2 Å². The first kappa shape index (κ1) is 35.8. The van der Waals surface area contributed by atoms with E-state index in [4.69, 9.17) is 4.65 Å². The lowest BCUT2D eigenvalue weighted by atomic mass is 9.79. The van der Waals surface area contributed by atoms with Gasteiger partial charge < -0.3 is 9.76 Å². The molecule has 0 aliphatic carbocycles. The molecule has 2 heterocycles. The standard InChI is InChI=1S/C48H45BN2O2/c1-32-27-34(45-19-11-13-25-50-45)21-23-39(32)43-17-9-7-15-41(43)36-29-37(31-38(30-36)49-53-48(5,6)47(3,4)52)42-16-8-10-18-44(42)40-24-22-35(28-33(40)2)46-20-12-14-26-51-46/h7-31,49,52H,1-6H3. The average molecular weight is 693 g/mol. The highest BCUT2D eigenvalue weighted by Gasteiger charge is 2.35. The molecule has 1 N–H and O–H groups in total. The summed E-state index contributed by atoms with van der Waals surface area (Å²) in [5.74, 6) is 0. The van der Waals surface area contributed by atoms with Crippen molar-refractivity contribution in [1.82, 2.24) is 9.97 Å². The van der Waals surface area contributed by atoms with Gasteiger partial charge in [0.05, 0.1) is 22.6 Å². The van der Waals surface area contributed by atoms with E-state index in [0.29, 0.717) is 7.48 Å². The van der Waals surface area contributed by atoms with E-state index < -0.39 is 11.2 Å². The van der Waals surface area contributed by atoms with Crippen LogP contribution >= 0.6 is 0 Å². The van der Waals surface area contributed by atoms with Gasteiger partial charge in [-0.15, -0.1) is 0 Å². The quantitative estimate of drug-likeness (QED) is 0.145. The molecule has 262 valence electrons. The number of aliphatic hydroxyl groups is 1. The molecule has 0 saturated carbocycles. The Morgan fingerprint density at radius 1 is 0.472 bits per heavy atom. The van der Waals surface area contributed by atoms with Gasteiger partial charge in [0, 0.05) is 23.5 Å². The van der Waals surface area contributed by atoms with Gasteiger partial charge >= 0.3 is 7.48 Å². The maximum Gasteiger partial charge on any atom is 0.309 e. The summed E-state index contributed by atoms with van der Waals surface area (Å²) in [5, 5.41) is 10.9. The molecular weight excluding hydrogens is 647 g/mol. The van der Waals surface area contributed by atoms with Crippen molar-refractivity contribution in [1.29, 1.82) is 0 Å². The zero-order chi connectivity index (χ0) is 37.2. The number of aryl methyl sites for hydroxylation is 2. The zero-order valence-electron chi connectivity index (χ0n) is 31.4. The van der Waals surface area contributed by atoms with Crippen molar-refractivity contribution >= 4 is 12.9 Å². The van der Waals surface area contributed by atoms with Crippen LogP contribution in [-0.2, 0) is 4.65 Å². The van der Waals surface area contributed by atoms with Crippen LogP contribution in [0.25, 0.3) is 67.0 Å². The highest BCUT2D eigenvalue weighted by molar-refractivity contribution is 6.47. The number of benzene rings is 5. The third kappa shape index (κ3) is 7.64. The van der Waals surface area contributed by atoms with E-state index >= 15 is 0 Å². The van der Waals surface area contributed by atoms with Gasteiger partial charge in [-0.3, -0.25) is 9.97 Å². The molecule has 0 fully saturated rings. The fourth-order valence-corrected chi connectivity index (χ4v) is 6.78. The number of aromatic nitrogens is 2. The maximum absolute atomic E-state index is 10.9. The summed E-state index contributed by atoms with van der Waals surface area (Å²) >= 11 is 0. The van der Waals surface area contributed by atoms with Crippen molar-refractivity contribution in [3.05, 3.63) is 163 Å². The SMILES string of the molecule is Cc1cc(-c2ccccn2)ccc1-c1ccccc1-c1cc(BOC(C)(C)C(C)(C)O)cc(-c2ccccc2-c2ccc(-c3ccccn3)cc2C)c1. The lowest BCUT2D eigenvalue weighted by Gasteiger charge is -2.37. The van der Waals surface area contributed by atoms with Crippen molar-refractivity contribution in [2.45, 2.75) is 52.7 Å². The minimum absolute atomic E-state index is 0.345. The molecule has 0 unspecified atom stereocenters. The summed E-state index contributed by atoms with van der Waals surface area (Å²) in [5.41, 5.74) is 14.9. The van der Waals surface area contributed by atoms with Crippen LogP contribution < -0.4 is 5.46 Å². The Kier molecular flexibility index (Phi) is 9.98. The molecule has 7 aromatic rings. The molecule has 7 rings (SSSR count). The first-order chi connectivity index (χ1) is 25.5. The second-order valence-corrected chi connectivity index (χ2v) is 14.9. The first-order valence-electron chi connectivity index (χ1n) is 18.2. The maximum atomic E-state index is 10.9. The molecule has 4 nitrogen and oxygen atoms in total. The molecule has 5 aromatic carbocycles. The first-order valence-corrected chi connectivity index (χ1v) is 18.2. The van der Waals surface area contributed by atoms with Gasteiger partial charge in [0.15, 0.2) is 0 Å². The van der Waals surface area contributed by atoms with Gasteiger partial charge in [-0.25, -0.2) is 0 Å². The number of pyridine rings is 2. The second kappa shape index (κ2) is 14.8. The van der Waals surface area contributed by atoms with Gasteiger partial charge in [0.25, 0.3) is 0 Å². The van der Waals surface area contributed by atoms with E-state index in [-0.39, 0.29) is 0 Å². The number of hydrogen-bond donors (Lipinski definition) is 1. The van der Waals surface area contributed by atoms with Gasteiger partial charge in [-0.1, -0.05) is 103 Å². The van der Waals surface area contributed by atoms with Crippen LogP contribution in [0.2, 0.25) is 0 Å². The normalized spacial score (nSPS) is 11.8. The number of hydrogen-bond acceptors (Lipinski definition) is 4. The van der Waals surface area contributed by atoms with E-state index in [1.807, 2.05) is 62.6 Å². The average Bonchev–Trinajstić information content (AvgIpc) is 3.17. The minimum Gasteiger partial charge on any atom is -0.427 e. The molecule has 0 aliphatic rings. The van der Waals surface area contributed by atoms with Crippen LogP contribution in [-0.4, -0.2) is 33.8 Å². The Morgan fingerprint density at radius 3 is 1.30 bits per heavy atom. The Balaban J connectivity index is 1.35. The lowest BCUT2D eigenvalue weighted by Crippen LogP contribution is -2.49. The van der Waals surface area contributed by atoms with Crippen LogP contribution in [0.3, 0.4) is 0 Å². The monoisotopic (exact) mass is 692 g/mol. The van der Waals surface area contributed by atoms with Crippen LogP contribution in [0, 0.1) is 13.8 Å². The lowest BCUT2D eigenvalue weighted by molar-refractivity contribution is -0.0893. The highest BCUT2D eigenvalue weighted by Crippen LogP contribution is 2.39. The molecule has 5 heteroatoms. The Hall–Kier alpha value is -5.62. The van der Waals surface area contributed by atoms with E-state index in [0.717, 1.165) is 61.4 Å². The number of nitrogens with zero attached hydrogens (tertiary/aromatic N) is 2. The molecule has 0 radical (unpaired) electrons. The summed E-state index contributed by atoms with van der Waals surface area (Å²) in [6.07, 6.45) is 3.67. The molecule has 0 spiro atoms. The van der Waals surface area contributed by atoms with E-state index in [1.54, 1.807) is 13.8 Å². The third-order valence-electron chi connectivity index (χ3n) is 10.5. The molecule has 53 heavy (non-hydrogen) atoms. The van der Waals surface area contributed by atoms with E-state index in [9.17, 15) is 5.11 Å². The van der Waals surface area contributed by atoms with Crippen molar-refractivity contribution in [2.75, 3.05) is 0 Å². The zero-order valence-corrected chi connectivity index (χ0v) is 31.4. The summed E-state index contributed by atoms with van der Waals surface area (Å²) < 4.78 is 6.48. The molecule has 0 bridgehead atoms. The van der Waals surface area contributed by atoms with E-state index in [1.165, 1.54) is 22.3 Å². The minimum atomic E-state index is -1.02. The van der Waals surface area contributed by atoms with Crippen LogP contribution in [0.4, 0.5) is 0 Å². The fraction of sp³-hybridized carbons (Fsp3) is 0.167. The van der Waals surface area contributed by atoms with Crippen LogP contribution in [0.1, 0.15) is 38.8 Å². The Bertz CT molecular complexity index is 2230. The summed E-state index contributed by atoms with van der Waals surface area (Å²) in [6, 6.07) is 49.2. The van der Waals surface area contributed by atoms with Gasteiger partial charge in [-0.05, 0) is 140 Å². The smallest absolute Gasteiger partial charge is 0.309 e. The van der Waals surface area contributed by atoms with Crippen molar-refractivity contribution < 1.29 is 9.76 Å². The van der Waals surface area contributed by atoms with Gasteiger partial charge in [-0.2, -0.15) is 0 Å². The van der Waals surface area contributed by atoms with Crippen molar-refractivity contribution in [3.8, 4) is 67.0 Å². The van der Waals surface area contributed by atoms with Crippen molar-refractivity contribution in [2.24, 2.45) is 0 Å². The molecule has 0 atom stereocenters. The predicted molar refractivity (Wildman–Crippen MR) is 222 cm³/mol. The molecule has 0 amide bonds. The fourth-order valence-electron chi connectivity index (χ4n) is 6.78. The number of rotatable bonds is 10. The molecule has 2 aromatic heterocycles. The molecular formula is C48H45BN2O2. The third-order valence-corrected chi connectivity index (χ3v) is 10.5. The van der Waals surface area contributed by atoms with Gasteiger partial charge in [0.2, 0.25) is 0 Å². The highest BCUT2D eigenvalue weighted by atomic mass is 16.5.